The van der Waals surface area contributed by atoms with E-state index >= 15 is 0 Å². The summed E-state index contributed by atoms with van der Waals surface area (Å²) in [5, 5.41) is 14.4. The Morgan fingerprint density at radius 2 is 2.00 bits per heavy atom. The van der Waals surface area contributed by atoms with E-state index in [-0.39, 0.29) is 5.69 Å². The van der Waals surface area contributed by atoms with Gasteiger partial charge in [0.15, 0.2) is 0 Å². The fourth-order valence-electron chi connectivity index (χ4n) is 1.62. The number of aromatic carboxylic acids is 1. The van der Waals surface area contributed by atoms with Gasteiger partial charge in [-0.3, -0.25) is 5.10 Å². The number of H-pyrrole nitrogens is 1. The number of carbonyl (C=O) groups is 1. The molecule has 0 saturated heterocycles. The molecular formula is C11H6F4N2O2. The van der Waals surface area contributed by atoms with Crippen LogP contribution in [0.2, 0.25) is 0 Å². The molecule has 0 fully saturated rings. The van der Waals surface area contributed by atoms with Crippen molar-refractivity contribution in [3.05, 3.63) is 41.3 Å². The van der Waals surface area contributed by atoms with E-state index in [4.69, 9.17) is 5.11 Å². The van der Waals surface area contributed by atoms with Gasteiger partial charge < -0.3 is 5.11 Å². The van der Waals surface area contributed by atoms with Gasteiger partial charge in [-0.05, 0) is 18.2 Å². The number of aromatic amines is 1. The average Bonchev–Trinajstić information content (AvgIpc) is 2.76. The quantitative estimate of drug-likeness (QED) is 0.827. The van der Waals surface area contributed by atoms with Gasteiger partial charge in [0.1, 0.15) is 11.4 Å². The molecule has 0 amide bonds. The van der Waals surface area contributed by atoms with Crippen LogP contribution < -0.4 is 0 Å². The molecule has 0 spiro atoms. The molecule has 0 saturated carbocycles. The number of hydrogen-bond donors (Lipinski definition) is 2. The van der Waals surface area contributed by atoms with Gasteiger partial charge in [-0.15, -0.1) is 0 Å². The van der Waals surface area contributed by atoms with Gasteiger partial charge in [0.25, 0.3) is 0 Å². The molecule has 100 valence electrons. The lowest BCUT2D eigenvalue weighted by Gasteiger charge is -2.12. The molecule has 0 aliphatic heterocycles. The second-order valence-electron chi connectivity index (χ2n) is 3.65. The molecule has 1 heterocycles. The standard InChI is InChI=1S/C11H6F4N2O2/c12-5-1-2-6(8(3-5)11(13,14)15)9-7(10(18)19)4-16-17-9/h1-4H,(H,16,17)(H,18,19). The smallest absolute Gasteiger partial charge is 0.417 e. The topological polar surface area (TPSA) is 66.0 Å². The number of carboxylic acids is 1. The van der Waals surface area contributed by atoms with Crippen molar-refractivity contribution in [2.75, 3.05) is 0 Å². The number of nitrogens with zero attached hydrogens (tertiary/aromatic N) is 1. The minimum absolute atomic E-state index is 0.307. The van der Waals surface area contributed by atoms with Crippen molar-refractivity contribution >= 4 is 5.97 Å². The highest BCUT2D eigenvalue weighted by molar-refractivity contribution is 5.95. The molecule has 2 N–H and O–H groups in total. The molecule has 4 nitrogen and oxygen atoms in total. The number of halogens is 4. The predicted molar refractivity (Wildman–Crippen MR) is 55.9 cm³/mol. The molecule has 2 rings (SSSR count). The van der Waals surface area contributed by atoms with Crippen molar-refractivity contribution in [3.8, 4) is 11.3 Å². The van der Waals surface area contributed by atoms with Crippen LogP contribution in [0.25, 0.3) is 11.3 Å². The Bertz CT molecular complexity index is 634. The van der Waals surface area contributed by atoms with Crippen LogP contribution in [0.3, 0.4) is 0 Å². The molecule has 0 unspecified atom stereocenters. The van der Waals surface area contributed by atoms with Crippen LogP contribution in [0.4, 0.5) is 17.6 Å². The Morgan fingerprint density at radius 1 is 1.32 bits per heavy atom. The first-order valence-electron chi connectivity index (χ1n) is 4.94. The molecule has 1 aromatic carbocycles. The lowest BCUT2D eigenvalue weighted by atomic mass is 10.0. The molecule has 0 radical (unpaired) electrons. The maximum atomic E-state index is 12.9. The van der Waals surface area contributed by atoms with E-state index in [1.807, 2.05) is 0 Å². The molecule has 19 heavy (non-hydrogen) atoms. The van der Waals surface area contributed by atoms with Gasteiger partial charge >= 0.3 is 12.1 Å². The first-order valence-corrected chi connectivity index (χ1v) is 4.94. The molecule has 2 aromatic rings. The minimum atomic E-state index is -4.81. The molecule has 0 bridgehead atoms. The summed E-state index contributed by atoms with van der Waals surface area (Å²) >= 11 is 0. The zero-order valence-corrected chi connectivity index (χ0v) is 9.12. The summed E-state index contributed by atoms with van der Waals surface area (Å²) in [4.78, 5) is 10.9. The predicted octanol–water partition coefficient (Wildman–Crippen LogP) is 2.93. The molecule has 0 atom stereocenters. The van der Waals surface area contributed by atoms with Crippen LogP contribution in [-0.4, -0.2) is 21.3 Å². The van der Waals surface area contributed by atoms with E-state index in [9.17, 15) is 22.4 Å². The van der Waals surface area contributed by atoms with Gasteiger partial charge in [0, 0.05) is 5.56 Å². The molecule has 0 aliphatic rings. The van der Waals surface area contributed by atoms with E-state index in [0.29, 0.717) is 6.07 Å². The van der Waals surface area contributed by atoms with Crippen LogP contribution in [0.5, 0.6) is 0 Å². The van der Waals surface area contributed by atoms with Crippen molar-refractivity contribution < 1.29 is 27.5 Å². The van der Waals surface area contributed by atoms with Crippen LogP contribution in [0.1, 0.15) is 15.9 Å². The monoisotopic (exact) mass is 274 g/mol. The van der Waals surface area contributed by atoms with Crippen LogP contribution in [0.15, 0.2) is 24.4 Å². The van der Waals surface area contributed by atoms with E-state index in [1.54, 1.807) is 0 Å². The first-order chi connectivity index (χ1) is 8.80. The Labute approximate surface area is 103 Å². The van der Waals surface area contributed by atoms with Crippen LogP contribution in [0, 0.1) is 5.82 Å². The van der Waals surface area contributed by atoms with Gasteiger partial charge in [-0.2, -0.15) is 18.3 Å². The zero-order chi connectivity index (χ0) is 14.2. The van der Waals surface area contributed by atoms with Gasteiger partial charge in [-0.25, -0.2) is 9.18 Å². The Hall–Kier alpha value is -2.38. The largest absolute Gasteiger partial charge is 0.478 e. The second-order valence-corrected chi connectivity index (χ2v) is 3.65. The lowest BCUT2D eigenvalue weighted by Crippen LogP contribution is -2.09. The third-order valence-corrected chi connectivity index (χ3v) is 2.43. The Kier molecular flexibility index (Phi) is 3.01. The minimum Gasteiger partial charge on any atom is -0.478 e. The molecule has 1 aromatic heterocycles. The van der Waals surface area contributed by atoms with Crippen LogP contribution in [-0.2, 0) is 6.18 Å². The number of benzene rings is 1. The van der Waals surface area contributed by atoms with Gasteiger partial charge in [0.05, 0.1) is 17.5 Å². The number of rotatable bonds is 2. The van der Waals surface area contributed by atoms with E-state index in [1.165, 1.54) is 0 Å². The van der Waals surface area contributed by atoms with E-state index in [0.717, 1.165) is 18.3 Å². The maximum absolute atomic E-state index is 12.9. The van der Waals surface area contributed by atoms with Crippen LogP contribution >= 0.6 is 0 Å². The van der Waals surface area contributed by atoms with Gasteiger partial charge in [0.2, 0.25) is 0 Å². The number of alkyl halides is 3. The lowest BCUT2D eigenvalue weighted by molar-refractivity contribution is -0.137. The third-order valence-electron chi connectivity index (χ3n) is 2.43. The number of hydrogen-bond acceptors (Lipinski definition) is 2. The summed E-state index contributed by atoms with van der Waals surface area (Å²) in [6.07, 6.45) is -3.92. The number of carboxylic acid groups (broad SMARTS) is 1. The summed E-state index contributed by atoms with van der Waals surface area (Å²) in [5.74, 6) is -2.49. The third kappa shape index (κ3) is 2.42. The van der Waals surface area contributed by atoms with E-state index < -0.39 is 34.7 Å². The normalized spacial score (nSPS) is 11.6. The summed E-state index contributed by atoms with van der Waals surface area (Å²) in [6, 6.07) is 1.98. The summed E-state index contributed by atoms with van der Waals surface area (Å²) in [5.41, 5.74) is -2.47. The van der Waals surface area contributed by atoms with Crippen molar-refractivity contribution in [1.82, 2.24) is 10.2 Å². The molecule has 0 aliphatic carbocycles. The maximum Gasteiger partial charge on any atom is 0.417 e. The van der Waals surface area contributed by atoms with Crippen molar-refractivity contribution in [2.24, 2.45) is 0 Å². The Balaban J connectivity index is 2.69. The fourth-order valence-corrected chi connectivity index (χ4v) is 1.62. The highest BCUT2D eigenvalue weighted by atomic mass is 19.4. The SMILES string of the molecule is O=C(O)c1cn[nH]c1-c1ccc(F)cc1C(F)(F)F. The zero-order valence-electron chi connectivity index (χ0n) is 9.12. The highest BCUT2D eigenvalue weighted by Crippen LogP contribution is 2.37. The first kappa shape index (κ1) is 13.1. The fraction of sp³-hybridized carbons (Fsp3) is 0.0909. The van der Waals surface area contributed by atoms with E-state index in [2.05, 4.69) is 10.2 Å². The van der Waals surface area contributed by atoms with Crippen molar-refractivity contribution in [1.29, 1.82) is 0 Å². The summed E-state index contributed by atoms with van der Waals surface area (Å²) in [6.45, 7) is 0. The Morgan fingerprint density at radius 3 is 2.58 bits per heavy atom. The molecule has 8 heteroatoms. The highest BCUT2D eigenvalue weighted by Gasteiger charge is 2.35. The summed E-state index contributed by atoms with van der Waals surface area (Å²) < 4.78 is 51.4. The number of aromatic nitrogens is 2. The van der Waals surface area contributed by atoms with Crippen molar-refractivity contribution in [2.45, 2.75) is 6.18 Å². The average molecular weight is 274 g/mol. The number of nitrogens with one attached hydrogen (secondary N) is 1. The van der Waals surface area contributed by atoms with Gasteiger partial charge in [-0.1, -0.05) is 0 Å². The second kappa shape index (κ2) is 4.38. The summed E-state index contributed by atoms with van der Waals surface area (Å²) in [7, 11) is 0. The van der Waals surface area contributed by atoms with Crippen molar-refractivity contribution in [3.63, 3.8) is 0 Å². The molecular weight excluding hydrogens is 268 g/mol.